The van der Waals surface area contributed by atoms with Crippen molar-refractivity contribution in [3.63, 3.8) is 0 Å². The Bertz CT molecular complexity index is 1750. The number of nitrogens with zero attached hydrogens (tertiary/aromatic N) is 4. The summed E-state index contributed by atoms with van der Waals surface area (Å²) in [5.41, 5.74) is -1.27. The number of pyridine rings is 2. The van der Waals surface area contributed by atoms with Gasteiger partial charge in [0.2, 0.25) is 0 Å². The number of halogens is 10. The molecule has 4 nitrogen and oxygen atoms in total. The summed E-state index contributed by atoms with van der Waals surface area (Å²) in [6.45, 7) is 0. The van der Waals surface area contributed by atoms with Gasteiger partial charge in [0, 0.05) is 55.8 Å². The molecule has 2 aliphatic rings. The molecule has 4 aromatic rings. The minimum absolute atomic E-state index is 0. The molecule has 0 saturated carbocycles. The van der Waals surface area contributed by atoms with Gasteiger partial charge in [-0.15, -0.1) is 24.3 Å². The molecule has 0 aliphatic carbocycles. The molecule has 0 N–H and O–H groups in total. The second kappa shape index (κ2) is 16.9. The third kappa shape index (κ3) is 11.0. The Hall–Kier alpha value is -5.01. The number of aromatic nitrogens is 2. The molecule has 0 bridgehead atoms. The van der Waals surface area contributed by atoms with Crippen LogP contribution in [0.2, 0.25) is 0 Å². The first-order valence-corrected chi connectivity index (χ1v) is 13.4. The number of hydrogen-bond acceptors (Lipinski definition) is 2. The van der Waals surface area contributed by atoms with Crippen LogP contribution in [-0.2, 0) is 20.1 Å². The first-order valence-electron chi connectivity index (χ1n) is 13.4. The van der Waals surface area contributed by atoms with Crippen LogP contribution in [0.5, 0.6) is 0 Å². The Balaban J connectivity index is 0.000000202. The first-order chi connectivity index (χ1) is 22.7. The molecule has 0 amide bonds. The van der Waals surface area contributed by atoms with Crippen molar-refractivity contribution < 1.29 is 64.0 Å². The Labute approximate surface area is 286 Å². The van der Waals surface area contributed by atoms with Crippen molar-refractivity contribution in [2.45, 2.75) is 12.4 Å². The van der Waals surface area contributed by atoms with E-state index in [1.165, 1.54) is 0 Å². The standard InChI is InChI=1S/C12H6F6N2.2C11H6F2N.Ir/c13-11(14,15)7-1-3-19-9(5-7)10-6-8(2-4-20-10)12(16,17)18;2*12-8-4-5-9(10(13)7-8)11-3-1-2-6-14-11;/h1-6H;2*1-4,6-7H;/q-2;2*-1;. The zero-order valence-corrected chi connectivity index (χ0v) is 26.7. The van der Waals surface area contributed by atoms with Gasteiger partial charge in [0.1, 0.15) is 0 Å². The molecular formula is C34H18F10IrN4-4. The van der Waals surface area contributed by atoms with Gasteiger partial charge in [-0.1, -0.05) is 71.8 Å². The molecule has 2 aromatic carbocycles. The van der Waals surface area contributed by atoms with E-state index in [4.69, 9.17) is 0 Å². The predicted molar refractivity (Wildman–Crippen MR) is 157 cm³/mol. The SMILES string of the molecule is FC(F)(F)C1=CC(=C2C=C(C(F)(F)F)C=C[N-]2)[N-]C=C1.Fc1c[c-]c(-c2ccccn2)c(F)c1.Fc1c[c-]c(-c2ccccn2)c(F)c1.[Ir]. The summed E-state index contributed by atoms with van der Waals surface area (Å²) in [5, 5.41) is 7.23. The first kappa shape index (κ1) is 38.4. The van der Waals surface area contributed by atoms with E-state index >= 15 is 0 Å². The molecule has 4 heterocycles. The predicted octanol–water partition coefficient (Wildman–Crippen LogP) is 10.6. The molecule has 1 radical (unpaired) electrons. The average molecular weight is 865 g/mol. The molecule has 0 fully saturated rings. The minimum atomic E-state index is -4.60. The number of benzene rings is 2. The maximum Gasteiger partial charge on any atom is 0.416 e. The molecule has 2 aliphatic heterocycles. The maximum atomic E-state index is 13.2. The summed E-state index contributed by atoms with van der Waals surface area (Å²) in [7, 11) is 0. The molecule has 2 aromatic heterocycles. The second-order valence-electron chi connectivity index (χ2n) is 9.37. The summed E-state index contributed by atoms with van der Waals surface area (Å²) in [5.74, 6) is -2.57. The van der Waals surface area contributed by atoms with Crippen LogP contribution in [0, 0.1) is 35.4 Å². The Morgan fingerprint density at radius 3 is 1.27 bits per heavy atom. The van der Waals surface area contributed by atoms with E-state index in [0.29, 0.717) is 23.5 Å². The van der Waals surface area contributed by atoms with Crippen LogP contribution in [0.4, 0.5) is 43.9 Å². The monoisotopic (exact) mass is 865 g/mol. The number of rotatable bonds is 2. The number of alkyl halides is 6. The maximum absolute atomic E-state index is 13.2. The number of hydrogen-bond donors (Lipinski definition) is 0. The molecule has 6 rings (SSSR count). The van der Waals surface area contributed by atoms with Crippen LogP contribution < -0.4 is 0 Å². The van der Waals surface area contributed by atoms with Gasteiger partial charge in [-0.05, 0) is 23.5 Å². The molecule has 15 heteroatoms. The van der Waals surface area contributed by atoms with Gasteiger partial charge >= 0.3 is 12.4 Å². The van der Waals surface area contributed by atoms with E-state index in [0.717, 1.165) is 48.8 Å². The van der Waals surface area contributed by atoms with Gasteiger partial charge in [0.05, 0.1) is 11.1 Å². The van der Waals surface area contributed by atoms with Gasteiger partial charge in [-0.25, -0.2) is 0 Å². The van der Waals surface area contributed by atoms with Crippen LogP contribution in [0.3, 0.4) is 0 Å². The summed E-state index contributed by atoms with van der Waals surface area (Å²) < 4.78 is 127. The normalized spacial score (nSPS) is 15.1. The third-order valence-electron chi connectivity index (χ3n) is 5.99. The number of allylic oxidation sites excluding steroid dienone is 6. The van der Waals surface area contributed by atoms with E-state index in [1.807, 2.05) is 0 Å². The summed E-state index contributed by atoms with van der Waals surface area (Å²) in [4.78, 5) is 7.89. The fourth-order valence-corrected chi connectivity index (χ4v) is 3.80. The van der Waals surface area contributed by atoms with Crippen molar-refractivity contribution in [3.8, 4) is 22.5 Å². The van der Waals surface area contributed by atoms with Crippen molar-refractivity contribution in [1.82, 2.24) is 9.97 Å². The molecule has 257 valence electrons. The smallest absolute Gasteiger partial charge is 0.416 e. The average Bonchev–Trinajstić information content (AvgIpc) is 3.06. The van der Waals surface area contributed by atoms with Crippen molar-refractivity contribution >= 4 is 0 Å². The van der Waals surface area contributed by atoms with Gasteiger partial charge in [-0.3, -0.25) is 17.6 Å². The van der Waals surface area contributed by atoms with Crippen molar-refractivity contribution in [2.24, 2.45) is 0 Å². The Morgan fingerprint density at radius 1 is 0.571 bits per heavy atom. The van der Waals surface area contributed by atoms with Crippen LogP contribution in [0.25, 0.3) is 33.1 Å². The molecule has 0 unspecified atom stereocenters. The van der Waals surface area contributed by atoms with E-state index in [2.05, 4.69) is 32.7 Å². The summed E-state index contributed by atoms with van der Waals surface area (Å²) in [6, 6.07) is 19.1. The van der Waals surface area contributed by atoms with E-state index in [-0.39, 0.29) is 42.6 Å². The van der Waals surface area contributed by atoms with Crippen molar-refractivity contribution in [1.29, 1.82) is 0 Å². The zero-order valence-electron chi connectivity index (χ0n) is 24.3. The second-order valence-corrected chi connectivity index (χ2v) is 9.37. The summed E-state index contributed by atoms with van der Waals surface area (Å²) in [6.07, 6.45) is -1.57. The van der Waals surface area contributed by atoms with E-state index < -0.39 is 46.8 Å². The largest absolute Gasteiger partial charge is 0.665 e. The van der Waals surface area contributed by atoms with Crippen molar-refractivity contribution in [3.05, 3.63) is 178 Å². The third-order valence-corrected chi connectivity index (χ3v) is 5.99. The minimum Gasteiger partial charge on any atom is -0.665 e. The molecule has 0 atom stereocenters. The van der Waals surface area contributed by atoms with E-state index in [9.17, 15) is 43.9 Å². The molecule has 0 spiro atoms. The van der Waals surface area contributed by atoms with E-state index in [1.54, 1.807) is 48.8 Å². The molecular weight excluding hydrogens is 847 g/mol. The Morgan fingerprint density at radius 2 is 0.959 bits per heavy atom. The van der Waals surface area contributed by atoms with Crippen LogP contribution in [0.1, 0.15) is 0 Å². The van der Waals surface area contributed by atoms with Crippen LogP contribution in [0.15, 0.2) is 132 Å². The summed E-state index contributed by atoms with van der Waals surface area (Å²) >= 11 is 0. The van der Waals surface area contributed by atoms with Gasteiger partial charge in [0.15, 0.2) is 0 Å². The zero-order chi connectivity index (χ0) is 34.9. The molecule has 0 saturated heterocycles. The van der Waals surface area contributed by atoms with Crippen LogP contribution >= 0.6 is 0 Å². The fourth-order valence-electron chi connectivity index (χ4n) is 3.80. The van der Waals surface area contributed by atoms with Crippen LogP contribution in [-0.4, -0.2) is 22.3 Å². The fraction of sp³-hybridized carbons (Fsp3) is 0.0588. The topological polar surface area (TPSA) is 54.0 Å². The van der Waals surface area contributed by atoms with Gasteiger partial charge in [0.25, 0.3) is 0 Å². The van der Waals surface area contributed by atoms with Gasteiger partial charge in [-0.2, -0.15) is 50.1 Å². The van der Waals surface area contributed by atoms with Gasteiger partial charge < -0.3 is 20.6 Å². The van der Waals surface area contributed by atoms with Crippen molar-refractivity contribution in [2.75, 3.05) is 0 Å². The Kier molecular flexibility index (Phi) is 13.2. The quantitative estimate of drug-likeness (QED) is 0.149. The molecule has 49 heavy (non-hydrogen) atoms.